The predicted molar refractivity (Wildman–Crippen MR) is 136 cm³/mol. The molecule has 0 aliphatic rings. The van der Waals surface area contributed by atoms with Crippen molar-refractivity contribution in [3.05, 3.63) is 83.6 Å². The lowest BCUT2D eigenvalue weighted by molar-refractivity contribution is 0.00707. The number of sulfonamides is 1. The molecule has 4 rings (SSSR count). The van der Waals surface area contributed by atoms with E-state index in [1.54, 1.807) is 51.1 Å². The molecule has 0 saturated heterocycles. The normalized spacial score (nSPS) is 11.5. The minimum atomic E-state index is -3.97. The first kappa shape index (κ1) is 25.4. The van der Waals surface area contributed by atoms with Crippen LogP contribution in [-0.4, -0.2) is 31.1 Å². The van der Waals surface area contributed by atoms with E-state index in [1.165, 1.54) is 36.4 Å². The molecule has 3 aromatic carbocycles. The third kappa shape index (κ3) is 5.76. The molecule has 2 N–H and O–H groups in total. The van der Waals surface area contributed by atoms with Crippen LogP contribution >= 0.6 is 0 Å². The zero-order chi connectivity index (χ0) is 26.8. The number of para-hydroxylation sites is 1. The van der Waals surface area contributed by atoms with Crippen LogP contribution in [0, 0.1) is 11.3 Å². The Hall–Kier alpha value is -4.69. The van der Waals surface area contributed by atoms with E-state index in [4.69, 9.17) is 9.26 Å². The number of nitrogens with one attached hydrogen (secondary N) is 2. The smallest absolute Gasteiger partial charge is 0.340 e. The SMILES string of the molecule is CC(C)(C)OC(=O)c1cc(C#N)ccc1NC(=O)c1noc2ccc(S(=O)(=O)Nc3ccccc3)cc12. The number of ether oxygens (including phenoxy) is 1. The molecule has 0 atom stereocenters. The number of anilines is 2. The van der Waals surface area contributed by atoms with Gasteiger partial charge in [-0.15, -0.1) is 0 Å². The number of fused-ring (bicyclic) bond motifs is 1. The van der Waals surface area contributed by atoms with Gasteiger partial charge in [-0.2, -0.15) is 5.26 Å². The maximum Gasteiger partial charge on any atom is 0.340 e. The number of hydrogen-bond donors (Lipinski definition) is 2. The van der Waals surface area contributed by atoms with Crippen LogP contribution in [0.2, 0.25) is 0 Å². The van der Waals surface area contributed by atoms with E-state index in [1.807, 2.05) is 6.07 Å². The largest absolute Gasteiger partial charge is 0.456 e. The zero-order valence-corrected chi connectivity index (χ0v) is 20.9. The van der Waals surface area contributed by atoms with Crippen LogP contribution in [0.3, 0.4) is 0 Å². The Morgan fingerprint density at radius 1 is 1.03 bits per heavy atom. The van der Waals surface area contributed by atoms with Crippen molar-refractivity contribution in [2.45, 2.75) is 31.3 Å². The fraction of sp³-hybridized carbons (Fsp3) is 0.154. The number of carbonyl (C=O) groups excluding carboxylic acids is 2. The van der Waals surface area contributed by atoms with Crippen molar-refractivity contribution in [2.24, 2.45) is 0 Å². The molecule has 0 fully saturated rings. The number of rotatable bonds is 6. The lowest BCUT2D eigenvalue weighted by Gasteiger charge is -2.20. The third-order valence-electron chi connectivity index (χ3n) is 5.01. The number of hydrogen-bond acceptors (Lipinski definition) is 8. The van der Waals surface area contributed by atoms with Crippen molar-refractivity contribution in [1.82, 2.24) is 5.16 Å². The molecular formula is C26H22N4O6S. The van der Waals surface area contributed by atoms with Gasteiger partial charge in [-0.25, -0.2) is 13.2 Å². The van der Waals surface area contributed by atoms with Gasteiger partial charge in [0.1, 0.15) is 5.60 Å². The minimum absolute atomic E-state index is 0.0227. The van der Waals surface area contributed by atoms with Crippen molar-refractivity contribution in [2.75, 3.05) is 10.0 Å². The molecule has 0 radical (unpaired) electrons. The number of esters is 1. The predicted octanol–water partition coefficient (Wildman–Crippen LogP) is 4.71. The molecule has 4 aromatic rings. The number of nitrogens with zero attached hydrogens (tertiary/aromatic N) is 2. The van der Waals surface area contributed by atoms with Crippen LogP contribution in [-0.2, 0) is 14.8 Å². The number of aromatic nitrogens is 1. The van der Waals surface area contributed by atoms with Gasteiger partial charge >= 0.3 is 5.97 Å². The summed E-state index contributed by atoms with van der Waals surface area (Å²) >= 11 is 0. The molecule has 0 aliphatic carbocycles. The van der Waals surface area contributed by atoms with E-state index in [2.05, 4.69) is 15.2 Å². The summed E-state index contributed by atoms with van der Waals surface area (Å²) in [5, 5.41) is 15.8. The van der Waals surface area contributed by atoms with E-state index in [9.17, 15) is 23.3 Å². The molecule has 0 unspecified atom stereocenters. The van der Waals surface area contributed by atoms with Gasteiger partial charge in [0.25, 0.3) is 15.9 Å². The summed E-state index contributed by atoms with van der Waals surface area (Å²) in [5.74, 6) is -1.48. The van der Waals surface area contributed by atoms with Gasteiger partial charge in [-0.1, -0.05) is 23.4 Å². The summed E-state index contributed by atoms with van der Waals surface area (Å²) in [5.41, 5.74) is -0.163. The lowest BCUT2D eigenvalue weighted by Crippen LogP contribution is -2.25. The fourth-order valence-corrected chi connectivity index (χ4v) is 4.46. The van der Waals surface area contributed by atoms with Gasteiger partial charge in [-0.3, -0.25) is 9.52 Å². The quantitative estimate of drug-likeness (QED) is 0.348. The molecule has 0 aliphatic heterocycles. The van der Waals surface area contributed by atoms with Crippen molar-refractivity contribution in [1.29, 1.82) is 5.26 Å². The summed E-state index contributed by atoms with van der Waals surface area (Å²) in [4.78, 5) is 25.8. The average Bonchev–Trinajstić information content (AvgIpc) is 3.27. The van der Waals surface area contributed by atoms with Crippen LogP contribution in [0.4, 0.5) is 11.4 Å². The number of benzene rings is 3. The van der Waals surface area contributed by atoms with Gasteiger partial charge in [0, 0.05) is 5.69 Å². The number of nitriles is 1. The first-order valence-corrected chi connectivity index (χ1v) is 12.5. The topological polar surface area (TPSA) is 151 Å². The minimum Gasteiger partial charge on any atom is -0.456 e. The number of amides is 1. The van der Waals surface area contributed by atoms with E-state index >= 15 is 0 Å². The first-order chi connectivity index (χ1) is 17.5. The van der Waals surface area contributed by atoms with Crippen LogP contribution < -0.4 is 10.0 Å². The molecule has 0 bridgehead atoms. The molecular weight excluding hydrogens is 496 g/mol. The highest BCUT2D eigenvalue weighted by Gasteiger charge is 2.25. The summed E-state index contributed by atoms with van der Waals surface area (Å²) in [6, 6.07) is 18.5. The molecule has 1 aromatic heterocycles. The Balaban J connectivity index is 1.67. The lowest BCUT2D eigenvalue weighted by atomic mass is 10.1. The molecule has 10 nitrogen and oxygen atoms in total. The maximum absolute atomic E-state index is 13.1. The molecule has 37 heavy (non-hydrogen) atoms. The molecule has 188 valence electrons. The van der Waals surface area contributed by atoms with E-state index in [0.717, 1.165) is 0 Å². The third-order valence-corrected chi connectivity index (χ3v) is 6.39. The van der Waals surface area contributed by atoms with Crippen molar-refractivity contribution in [3.8, 4) is 6.07 Å². The van der Waals surface area contributed by atoms with Gasteiger partial charge in [0.15, 0.2) is 11.3 Å². The zero-order valence-electron chi connectivity index (χ0n) is 20.1. The van der Waals surface area contributed by atoms with Gasteiger partial charge < -0.3 is 14.6 Å². The Morgan fingerprint density at radius 2 is 1.76 bits per heavy atom. The van der Waals surface area contributed by atoms with Crippen LogP contribution in [0.5, 0.6) is 0 Å². The Labute approximate surface area is 212 Å². The maximum atomic E-state index is 13.1. The second-order valence-electron chi connectivity index (χ2n) is 8.99. The fourth-order valence-electron chi connectivity index (χ4n) is 3.38. The van der Waals surface area contributed by atoms with Crippen molar-refractivity contribution in [3.63, 3.8) is 0 Å². The van der Waals surface area contributed by atoms with Gasteiger partial charge in [0.2, 0.25) is 0 Å². The van der Waals surface area contributed by atoms with Crippen LogP contribution in [0.25, 0.3) is 11.0 Å². The molecule has 0 saturated carbocycles. The molecule has 1 heterocycles. The summed E-state index contributed by atoms with van der Waals surface area (Å²) in [6.07, 6.45) is 0. The Kier molecular flexibility index (Phi) is 6.70. The highest BCUT2D eigenvalue weighted by molar-refractivity contribution is 7.92. The molecule has 1 amide bonds. The van der Waals surface area contributed by atoms with Crippen LogP contribution in [0.1, 0.15) is 47.2 Å². The van der Waals surface area contributed by atoms with Crippen LogP contribution in [0.15, 0.2) is 76.1 Å². The monoisotopic (exact) mass is 518 g/mol. The summed E-state index contributed by atoms with van der Waals surface area (Å²) < 4.78 is 38.9. The van der Waals surface area contributed by atoms with Crippen molar-refractivity contribution < 1.29 is 27.3 Å². The van der Waals surface area contributed by atoms with E-state index in [-0.39, 0.29) is 38.4 Å². The second kappa shape index (κ2) is 9.75. The molecule has 0 spiro atoms. The first-order valence-electron chi connectivity index (χ1n) is 11.0. The second-order valence-corrected chi connectivity index (χ2v) is 10.7. The average molecular weight is 519 g/mol. The summed E-state index contributed by atoms with van der Waals surface area (Å²) in [7, 11) is -3.97. The van der Waals surface area contributed by atoms with Crippen molar-refractivity contribution >= 4 is 44.2 Å². The Bertz CT molecular complexity index is 1650. The van der Waals surface area contributed by atoms with Gasteiger partial charge in [0.05, 0.1) is 33.2 Å². The van der Waals surface area contributed by atoms with E-state index < -0.39 is 27.5 Å². The standard InChI is InChI=1S/C26H22N4O6S/c1-26(2,3)35-25(32)19-13-16(15-27)9-11-21(19)28-24(31)23-20-14-18(10-12-22(20)36-29-23)37(33,34)30-17-7-5-4-6-8-17/h4-14,30H,1-3H3,(H,28,31). The molecule has 11 heteroatoms. The number of carbonyl (C=O) groups is 2. The highest BCUT2D eigenvalue weighted by atomic mass is 32.2. The Morgan fingerprint density at radius 3 is 2.43 bits per heavy atom. The highest BCUT2D eigenvalue weighted by Crippen LogP contribution is 2.26. The van der Waals surface area contributed by atoms with Gasteiger partial charge in [-0.05, 0) is 69.3 Å². The summed E-state index contributed by atoms with van der Waals surface area (Å²) in [6.45, 7) is 5.07. The van der Waals surface area contributed by atoms with E-state index in [0.29, 0.717) is 5.69 Å².